The number of rotatable bonds is 2. The van der Waals surface area contributed by atoms with Crippen molar-refractivity contribution < 1.29 is 5.21 Å². The van der Waals surface area contributed by atoms with Crippen LogP contribution in [0.5, 0.6) is 0 Å². The summed E-state index contributed by atoms with van der Waals surface area (Å²) in [6.45, 7) is 1.90. The number of imidazole rings is 1. The van der Waals surface area contributed by atoms with E-state index in [1.54, 1.807) is 17.0 Å². The largest absolute Gasteiger partial charge is 0.409 e. The molecule has 0 radical (unpaired) electrons. The van der Waals surface area contributed by atoms with E-state index < -0.39 is 0 Å². The lowest BCUT2D eigenvalue weighted by Crippen LogP contribution is -2.18. The molecule has 6 nitrogen and oxygen atoms in total. The van der Waals surface area contributed by atoms with E-state index in [-0.39, 0.29) is 5.84 Å². The van der Waals surface area contributed by atoms with Crippen LogP contribution in [0, 0.1) is 6.92 Å². The van der Waals surface area contributed by atoms with E-state index in [1.165, 1.54) is 11.3 Å². The molecule has 0 bridgehead atoms. The van der Waals surface area contributed by atoms with Gasteiger partial charge in [0.25, 0.3) is 0 Å². The molecule has 0 aliphatic rings. The van der Waals surface area contributed by atoms with Gasteiger partial charge in [0.2, 0.25) is 5.84 Å². The highest BCUT2D eigenvalue weighted by atomic mass is 32.1. The SMILES string of the molecule is Cc1csc(-n2ccnc2C(N)=NO)n1. The minimum Gasteiger partial charge on any atom is -0.409 e. The van der Waals surface area contributed by atoms with E-state index in [9.17, 15) is 0 Å². The van der Waals surface area contributed by atoms with Crippen LogP contribution >= 0.6 is 11.3 Å². The molecule has 0 atom stereocenters. The van der Waals surface area contributed by atoms with Gasteiger partial charge >= 0.3 is 0 Å². The maximum absolute atomic E-state index is 8.58. The molecule has 15 heavy (non-hydrogen) atoms. The van der Waals surface area contributed by atoms with Crippen LogP contribution in [0.25, 0.3) is 5.13 Å². The molecule has 0 unspecified atom stereocenters. The molecule has 78 valence electrons. The molecule has 0 saturated heterocycles. The monoisotopic (exact) mass is 223 g/mol. The minimum atomic E-state index is -0.0344. The summed E-state index contributed by atoms with van der Waals surface area (Å²) in [7, 11) is 0. The average molecular weight is 223 g/mol. The lowest BCUT2D eigenvalue weighted by Gasteiger charge is -2.01. The number of amidine groups is 1. The van der Waals surface area contributed by atoms with E-state index in [0.717, 1.165) is 10.8 Å². The van der Waals surface area contributed by atoms with Crippen molar-refractivity contribution in [2.75, 3.05) is 0 Å². The zero-order chi connectivity index (χ0) is 10.8. The summed E-state index contributed by atoms with van der Waals surface area (Å²) in [5.41, 5.74) is 6.40. The Morgan fingerprint density at radius 3 is 3.07 bits per heavy atom. The first kappa shape index (κ1) is 9.66. The second-order valence-corrected chi connectivity index (χ2v) is 3.71. The van der Waals surface area contributed by atoms with Crippen LogP contribution < -0.4 is 5.73 Å². The Morgan fingerprint density at radius 2 is 2.47 bits per heavy atom. The summed E-state index contributed by atoms with van der Waals surface area (Å²) in [6, 6.07) is 0. The maximum Gasteiger partial charge on any atom is 0.206 e. The van der Waals surface area contributed by atoms with Crippen molar-refractivity contribution in [1.82, 2.24) is 14.5 Å². The number of thiazole rings is 1. The molecule has 0 aromatic carbocycles. The summed E-state index contributed by atoms with van der Waals surface area (Å²) >= 11 is 1.47. The van der Waals surface area contributed by atoms with E-state index >= 15 is 0 Å². The molecule has 0 fully saturated rings. The number of nitrogens with zero attached hydrogens (tertiary/aromatic N) is 4. The normalized spacial score (nSPS) is 11.9. The van der Waals surface area contributed by atoms with Crippen molar-refractivity contribution in [1.29, 1.82) is 0 Å². The first-order valence-electron chi connectivity index (χ1n) is 4.16. The zero-order valence-corrected chi connectivity index (χ0v) is 8.77. The van der Waals surface area contributed by atoms with Crippen LogP contribution in [0.15, 0.2) is 22.9 Å². The Balaban J connectivity index is 2.50. The third kappa shape index (κ3) is 1.68. The molecular weight excluding hydrogens is 214 g/mol. The fourth-order valence-corrected chi connectivity index (χ4v) is 1.93. The van der Waals surface area contributed by atoms with Crippen molar-refractivity contribution in [3.63, 3.8) is 0 Å². The standard InChI is InChI=1S/C8H9N5OS/c1-5-4-15-8(11-5)13-3-2-10-7(13)6(9)12-14/h2-4,14H,1H3,(H2,9,12). The third-order valence-corrected chi connectivity index (χ3v) is 2.75. The first-order chi connectivity index (χ1) is 7.22. The van der Waals surface area contributed by atoms with Gasteiger partial charge in [0, 0.05) is 17.8 Å². The molecule has 2 rings (SSSR count). The quantitative estimate of drug-likeness (QED) is 0.340. The number of aryl methyl sites for hydroxylation is 1. The number of oxime groups is 1. The van der Waals surface area contributed by atoms with Crippen LogP contribution in [0.3, 0.4) is 0 Å². The Morgan fingerprint density at radius 1 is 1.67 bits per heavy atom. The van der Waals surface area contributed by atoms with Crippen LogP contribution in [0.1, 0.15) is 11.5 Å². The van der Waals surface area contributed by atoms with Crippen LogP contribution in [0.4, 0.5) is 0 Å². The Bertz CT molecular complexity index is 501. The maximum atomic E-state index is 8.58. The van der Waals surface area contributed by atoms with E-state index in [0.29, 0.717) is 5.82 Å². The Hall–Kier alpha value is -1.89. The van der Waals surface area contributed by atoms with E-state index in [2.05, 4.69) is 15.1 Å². The van der Waals surface area contributed by atoms with Gasteiger partial charge in [-0.25, -0.2) is 9.97 Å². The van der Waals surface area contributed by atoms with Crippen molar-refractivity contribution in [3.05, 3.63) is 29.3 Å². The van der Waals surface area contributed by atoms with Crippen molar-refractivity contribution >= 4 is 17.2 Å². The second-order valence-electron chi connectivity index (χ2n) is 2.88. The molecule has 2 aromatic rings. The molecule has 0 aliphatic heterocycles. The van der Waals surface area contributed by atoms with Gasteiger partial charge in [0.05, 0.1) is 5.69 Å². The molecule has 0 amide bonds. The highest BCUT2D eigenvalue weighted by Gasteiger charge is 2.11. The lowest BCUT2D eigenvalue weighted by atomic mass is 10.5. The van der Waals surface area contributed by atoms with E-state index in [1.807, 2.05) is 12.3 Å². The molecule has 3 N–H and O–H groups in total. The van der Waals surface area contributed by atoms with Gasteiger partial charge in [0.1, 0.15) is 0 Å². The van der Waals surface area contributed by atoms with Gasteiger partial charge in [-0.2, -0.15) is 0 Å². The van der Waals surface area contributed by atoms with Crippen molar-refractivity contribution in [2.45, 2.75) is 6.92 Å². The van der Waals surface area contributed by atoms with Gasteiger partial charge < -0.3 is 10.9 Å². The van der Waals surface area contributed by atoms with Gasteiger partial charge in [-0.15, -0.1) is 11.3 Å². The van der Waals surface area contributed by atoms with Crippen LogP contribution in [-0.4, -0.2) is 25.6 Å². The first-order valence-corrected chi connectivity index (χ1v) is 5.04. The number of aromatic nitrogens is 3. The van der Waals surface area contributed by atoms with Crippen molar-refractivity contribution in [2.24, 2.45) is 10.9 Å². The lowest BCUT2D eigenvalue weighted by molar-refractivity contribution is 0.318. The Labute approximate surface area is 89.7 Å². The predicted molar refractivity (Wildman–Crippen MR) is 56.5 cm³/mol. The van der Waals surface area contributed by atoms with Crippen LogP contribution in [-0.2, 0) is 0 Å². The third-order valence-electron chi connectivity index (χ3n) is 1.79. The van der Waals surface area contributed by atoms with Crippen molar-refractivity contribution in [3.8, 4) is 5.13 Å². The summed E-state index contributed by atoms with van der Waals surface area (Å²) < 4.78 is 1.67. The average Bonchev–Trinajstić information content (AvgIpc) is 2.84. The topological polar surface area (TPSA) is 89.3 Å². The minimum absolute atomic E-state index is 0.0344. The van der Waals surface area contributed by atoms with E-state index in [4.69, 9.17) is 10.9 Å². The summed E-state index contributed by atoms with van der Waals surface area (Å²) in [5.74, 6) is 0.347. The number of nitrogens with two attached hydrogens (primary N) is 1. The number of hydrogen-bond donors (Lipinski definition) is 2. The predicted octanol–water partition coefficient (Wildman–Crippen LogP) is 0.732. The van der Waals surface area contributed by atoms with Gasteiger partial charge in [-0.1, -0.05) is 5.16 Å². The van der Waals surface area contributed by atoms with Gasteiger partial charge in [-0.3, -0.25) is 4.57 Å². The molecule has 7 heteroatoms. The summed E-state index contributed by atoms with van der Waals surface area (Å²) in [6.07, 6.45) is 3.29. The smallest absolute Gasteiger partial charge is 0.206 e. The zero-order valence-electron chi connectivity index (χ0n) is 7.95. The molecule has 2 heterocycles. The molecule has 0 saturated carbocycles. The fourth-order valence-electron chi connectivity index (χ4n) is 1.14. The second kappa shape index (κ2) is 3.70. The fraction of sp³-hybridized carbons (Fsp3) is 0.125. The van der Waals surface area contributed by atoms with Gasteiger partial charge in [0.15, 0.2) is 11.0 Å². The van der Waals surface area contributed by atoms with Gasteiger partial charge in [-0.05, 0) is 6.92 Å². The van der Waals surface area contributed by atoms with Crippen LogP contribution in [0.2, 0.25) is 0 Å². The highest BCUT2D eigenvalue weighted by molar-refractivity contribution is 7.12. The number of hydrogen-bond acceptors (Lipinski definition) is 5. The highest BCUT2D eigenvalue weighted by Crippen LogP contribution is 2.15. The molecule has 2 aromatic heterocycles. The molecule has 0 spiro atoms. The Kier molecular flexibility index (Phi) is 2.38. The summed E-state index contributed by atoms with van der Waals surface area (Å²) in [4.78, 5) is 8.27. The molecular formula is C8H9N5OS. The molecule has 0 aliphatic carbocycles. The summed E-state index contributed by atoms with van der Waals surface area (Å²) in [5, 5.41) is 14.2.